The molecule has 0 amide bonds. The summed E-state index contributed by atoms with van der Waals surface area (Å²) in [5.74, 6) is 0.720. The third-order valence-electron chi connectivity index (χ3n) is 4.82. The molecule has 1 aliphatic heterocycles. The SMILES string of the molecule is CCn1cc(C2C(CNC3CC3)CCCCN2C)cn1. The molecule has 2 heterocycles. The normalized spacial score (nSPS) is 28.5. The van der Waals surface area contributed by atoms with Crippen LogP contribution in [0.15, 0.2) is 12.4 Å². The van der Waals surface area contributed by atoms with Crippen molar-refractivity contribution in [1.82, 2.24) is 20.0 Å². The van der Waals surface area contributed by atoms with Gasteiger partial charge in [0.15, 0.2) is 0 Å². The summed E-state index contributed by atoms with van der Waals surface area (Å²) in [5, 5.41) is 8.23. The highest BCUT2D eigenvalue weighted by Crippen LogP contribution is 2.34. The number of nitrogens with one attached hydrogen (secondary N) is 1. The molecule has 4 nitrogen and oxygen atoms in total. The number of nitrogens with zero attached hydrogens (tertiary/aromatic N) is 3. The fourth-order valence-corrected chi connectivity index (χ4v) is 3.48. The fraction of sp³-hybridized carbons (Fsp3) is 0.812. The molecule has 20 heavy (non-hydrogen) atoms. The molecule has 1 saturated heterocycles. The van der Waals surface area contributed by atoms with Crippen LogP contribution in [0.3, 0.4) is 0 Å². The molecule has 0 spiro atoms. The summed E-state index contributed by atoms with van der Waals surface area (Å²) in [5.41, 5.74) is 1.40. The van der Waals surface area contributed by atoms with Crippen LogP contribution in [0.4, 0.5) is 0 Å². The maximum atomic E-state index is 4.49. The second-order valence-corrected chi connectivity index (χ2v) is 6.49. The van der Waals surface area contributed by atoms with Crippen molar-refractivity contribution in [2.45, 2.75) is 57.7 Å². The summed E-state index contributed by atoms with van der Waals surface area (Å²) in [6, 6.07) is 1.34. The van der Waals surface area contributed by atoms with Crippen LogP contribution in [0.1, 0.15) is 50.6 Å². The van der Waals surface area contributed by atoms with Crippen molar-refractivity contribution in [3.63, 3.8) is 0 Å². The Morgan fingerprint density at radius 2 is 2.15 bits per heavy atom. The van der Waals surface area contributed by atoms with E-state index in [2.05, 4.69) is 46.4 Å². The molecule has 0 aromatic carbocycles. The molecule has 0 radical (unpaired) electrons. The van der Waals surface area contributed by atoms with Crippen molar-refractivity contribution in [3.8, 4) is 0 Å². The number of likely N-dealkylation sites (tertiary alicyclic amines) is 1. The number of aryl methyl sites for hydroxylation is 1. The van der Waals surface area contributed by atoms with Crippen molar-refractivity contribution in [3.05, 3.63) is 18.0 Å². The lowest BCUT2D eigenvalue weighted by molar-refractivity contribution is 0.188. The second-order valence-electron chi connectivity index (χ2n) is 6.49. The average Bonchev–Trinajstić information content (AvgIpc) is 3.20. The molecule has 1 aromatic rings. The molecule has 4 heteroatoms. The van der Waals surface area contributed by atoms with E-state index in [1.165, 1.54) is 44.2 Å². The highest BCUT2D eigenvalue weighted by atomic mass is 15.3. The Labute approximate surface area is 122 Å². The third-order valence-corrected chi connectivity index (χ3v) is 4.82. The van der Waals surface area contributed by atoms with Crippen LogP contribution in [-0.2, 0) is 6.54 Å². The fourth-order valence-electron chi connectivity index (χ4n) is 3.48. The molecule has 112 valence electrons. The first-order valence-electron chi connectivity index (χ1n) is 8.24. The zero-order valence-electron chi connectivity index (χ0n) is 12.9. The molecule has 0 bridgehead atoms. The van der Waals surface area contributed by atoms with Crippen molar-refractivity contribution in [2.75, 3.05) is 20.1 Å². The van der Waals surface area contributed by atoms with Gasteiger partial charge in [0.05, 0.1) is 6.20 Å². The Hall–Kier alpha value is -0.870. The van der Waals surface area contributed by atoms with Gasteiger partial charge in [-0.05, 0) is 52.1 Å². The van der Waals surface area contributed by atoms with Gasteiger partial charge in [-0.25, -0.2) is 0 Å². The summed E-state index contributed by atoms with van der Waals surface area (Å²) < 4.78 is 2.06. The van der Waals surface area contributed by atoms with Gasteiger partial charge in [-0.3, -0.25) is 9.58 Å². The summed E-state index contributed by atoms with van der Waals surface area (Å²) in [6.45, 7) is 5.49. The van der Waals surface area contributed by atoms with E-state index in [4.69, 9.17) is 0 Å². The first-order chi connectivity index (χ1) is 9.78. The molecule has 1 saturated carbocycles. The largest absolute Gasteiger partial charge is 0.314 e. The summed E-state index contributed by atoms with van der Waals surface area (Å²) in [6.07, 6.45) is 11.1. The first-order valence-corrected chi connectivity index (χ1v) is 8.24. The Balaban J connectivity index is 1.75. The highest BCUT2D eigenvalue weighted by molar-refractivity contribution is 5.13. The van der Waals surface area contributed by atoms with E-state index in [0.717, 1.165) is 25.0 Å². The van der Waals surface area contributed by atoms with Gasteiger partial charge in [-0.2, -0.15) is 5.10 Å². The van der Waals surface area contributed by atoms with E-state index in [1.54, 1.807) is 0 Å². The van der Waals surface area contributed by atoms with Gasteiger partial charge >= 0.3 is 0 Å². The van der Waals surface area contributed by atoms with Gasteiger partial charge in [0.25, 0.3) is 0 Å². The van der Waals surface area contributed by atoms with Gasteiger partial charge in [0.2, 0.25) is 0 Å². The lowest BCUT2D eigenvalue weighted by Crippen LogP contribution is -2.35. The van der Waals surface area contributed by atoms with Gasteiger partial charge < -0.3 is 5.32 Å². The number of aromatic nitrogens is 2. The second kappa shape index (κ2) is 6.27. The maximum Gasteiger partial charge on any atom is 0.0537 e. The minimum Gasteiger partial charge on any atom is -0.314 e. The zero-order valence-corrected chi connectivity index (χ0v) is 12.9. The van der Waals surface area contributed by atoms with Crippen molar-refractivity contribution < 1.29 is 0 Å². The standard InChI is InChI=1S/C16H28N4/c1-3-20-12-14(11-18-20)16-13(10-17-15-7-8-15)6-4-5-9-19(16)2/h11-13,15-17H,3-10H2,1-2H3. The van der Waals surface area contributed by atoms with Crippen LogP contribution < -0.4 is 5.32 Å². The monoisotopic (exact) mass is 276 g/mol. The lowest BCUT2D eigenvalue weighted by Gasteiger charge is -2.32. The predicted molar refractivity (Wildman–Crippen MR) is 81.6 cm³/mol. The molecule has 1 aliphatic carbocycles. The van der Waals surface area contributed by atoms with Gasteiger partial charge in [-0.15, -0.1) is 0 Å². The van der Waals surface area contributed by atoms with Crippen LogP contribution in [0.2, 0.25) is 0 Å². The third kappa shape index (κ3) is 3.23. The van der Waals surface area contributed by atoms with E-state index in [0.29, 0.717) is 6.04 Å². The smallest absolute Gasteiger partial charge is 0.0537 e. The van der Waals surface area contributed by atoms with Crippen LogP contribution in [0.5, 0.6) is 0 Å². The van der Waals surface area contributed by atoms with E-state index >= 15 is 0 Å². The van der Waals surface area contributed by atoms with Crippen molar-refractivity contribution in [1.29, 1.82) is 0 Å². The lowest BCUT2D eigenvalue weighted by atomic mass is 9.91. The molecular weight excluding hydrogens is 248 g/mol. The Kier molecular flexibility index (Phi) is 4.41. The molecule has 1 aromatic heterocycles. The van der Waals surface area contributed by atoms with Gasteiger partial charge in [0, 0.05) is 36.9 Å². The maximum absolute atomic E-state index is 4.49. The van der Waals surface area contributed by atoms with E-state index < -0.39 is 0 Å². The topological polar surface area (TPSA) is 33.1 Å². The Morgan fingerprint density at radius 1 is 1.30 bits per heavy atom. The highest BCUT2D eigenvalue weighted by Gasteiger charge is 2.31. The molecule has 2 atom stereocenters. The van der Waals surface area contributed by atoms with Crippen LogP contribution >= 0.6 is 0 Å². The molecule has 2 aliphatic rings. The Morgan fingerprint density at radius 3 is 2.85 bits per heavy atom. The number of hydrogen-bond acceptors (Lipinski definition) is 3. The van der Waals surface area contributed by atoms with E-state index in [1.807, 2.05) is 0 Å². The molecule has 2 fully saturated rings. The van der Waals surface area contributed by atoms with Crippen molar-refractivity contribution in [2.24, 2.45) is 5.92 Å². The molecule has 1 N–H and O–H groups in total. The van der Waals surface area contributed by atoms with Crippen LogP contribution in [0, 0.1) is 5.92 Å². The summed E-state index contributed by atoms with van der Waals surface area (Å²) >= 11 is 0. The van der Waals surface area contributed by atoms with E-state index in [-0.39, 0.29) is 0 Å². The number of rotatable bonds is 5. The van der Waals surface area contributed by atoms with Crippen LogP contribution in [-0.4, -0.2) is 40.9 Å². The minimum absolute atomic E-state index is 0.532. The first kappa shape index (κ1) is 14.1. The van der Waals surface area contributed by atoms with Gasteiger partial charge in [-0.1, -0.05) is 6.42 Å². The van der Waals surface area contributed by atoms with E-state index in [9.17, 15) is 0 Å². The van der Waals surface area contributed by atoms with Crippen molar-refractivity contribution >= 4 is 0 Å². The molecular formula is C16H28N4. The zero-order chi connectivity index (χ0) is 13.9. The Bertz CT molecular complexity index is 424. The predicted octanol–water partition coefficient (Wildman–Crippen LogP) is 2.43. The minimum atomic E-state index is 0.532. The number of hydrogen-bond donors (Lipinski definition) is 1. The van der Waals surface area contributed by atoms with Crippen LogP contribution in [0.25, 0.3) is 0 Å². The van der Waals surface area contributed by atoms with Gasteiger partial charge in [0.1, 0.15) is 0 Å². The average molecular weight is 276 g/mol. The summed E-state index contributed by atoms with van der Waals surface area (Å²) in [7, 11) is 2.28. The molecule has 2 unspecified atom stereocenters. The molecule has 3 rings (SSSR count). The quantitative estimate of drug-likeness (QED) is 0.896. The summed E-state index contributed by atoms with van der Waals surface area (Å²) in [4.78, 5) is 2.54.